The van der Waals surface area contributed by atoms with Gasteiger partial charge in [-0.1, -0.05) is 31.4 Å². The maximum Gasteiger partial charge on any atom is 0.326 e. The lowest BCUT2D eigenvalue weighted by molar-refractivity contribution is -0.139. The molecule has 0 aliphatic heterocycles. The minimum absolute atomic E-state index is 0.0115. The van der Waals surface area contributed by atoms with Crippen LogP contribution < -0.4 is 10.6 Å². The highest BCUT2D eigenvalue weighted by molar-refractivity contribution is 9.10. The maximum atomic E-state index is 13.1. The highest BCUT2D eigenvalue weighted by Crippen LogP contribution is 2.31. The number of nitrogens with one attached hydrogen (secondary N) is 2. The number of rotatable bonds is 6. The summed E-state index contributed by atoms with van der Waals surface area (Å²) in [6.45, 7) is 1.92. The predicted octanol–water partition coefficient (Wildman–Crippen LogP) is 4.01. The lowest BCUT2D eigenvalue weighted by Crippen LogP contribution is -2.43. The van der Waals surface area contributed by atoms with E-state index in [1.165, 1.54) is 0 Å². The second-order valence-electron chi connectivity index (χ2n) is 4.38. The van der Waals surface area contributed by atoms with Crippen LogP contribution >= 0.6 is 27.5 Å². The maximum absolute atomic E-state index is 13.1. The van der Waals surface area contributed by atoms with Crippen LogP contribution in [0.2, 0.25) is 5.02 Å². The number of unbranched alkanes of at least 4 members (excludes halogenated alkanes) is 1. The second kappa shape index (κ2) is 8.19. The van der Waals surface area contributed by atoms with Gasteiger partial charge >= 0.3 is 12.0 Å². The van der Waals surface area contributed by atoms with Gasteiger partial charge < -0.3 is 15.7 Å². The number of carbonyl (C=O) groups excluding carboxylic acids is 1. The van der Waals surface area contributed by atoms with Crippen LogP contribution in [0.15, 0.2) is 16.6 Å². The number of benzene rings is 1. The molecule has 2 amide bonds. The van der Waals surface area contributed by atoms with Gasteiger partial charge in [-0.15, -0.1) is 0 Å². The molecule has 0 bridgehead atoms. The Morgan fingerprint density at radius 3 is 2.67 bits per heavy atom. The number of hydrogen-bond donors (Lipinski definition) is 3. The van der Waals surface area contributed by atoms with Gasteiger partial charge in [0.1, 0.15) is 11.9 Å². The van der Waals surface area contributed by atoms with Crippen molar-refractivity contribution in [3.63, 3.8) is 0 Å². The quantitative estimate of drug-likeness (QED) is 0.697. The Labute approximate surface area is 135 Å². The standard InChI is InChI=1S/C13H15BrClFN2O3/c1-2-3-4-10(12(19)20)17-13(21)18-11-8(14)5-7(16)6-9(11)15/h5-6,10H,2-4H2,1H3,(H,19,20)(H2,17,18,21). The molecule has 0 saturated heterocycles. The van der Waals surface area contributed by atoms with Crippen LogP contribution in [0.1, 0.15) is 26.2 Å². The molecule has 0 aromatic heterocycles. The molecule has 8 heteroatoms. The Balaban J connectivity index is 2.74. The van der Waals surface area contributed by atoms with E-state index in [-0.39, 0.29) is 15.2 Å². The summed E-state index contributed by atoms with van der Waals surface area (Å²) >= 11 is 8.91. The summed E-state index contributed by atoms with van der Waals surface area (Å²) in [6.07, 6.45) is 1.83. The average molecular weight is 382 g/mol. The molecule has 1 aromatic rings. The third-order valence-electron chi connectivity index (χ3n) is 2.70. The summed E-state index contributed by atoms with van der Waals surface area (Å²) in [6, 6.07) is 0.497. The van der Waals surface area contributed by atoms with Crippen LogP contribution in [0.4, 0.5) is 14.9 Å². The Hall–Kier alpha value is -1.34. The molecule has 1 unspecified atom stereocenters. The molecule has 1 aromatic carbocycles. The second-order valence-corrected chi connectivity index (χ2v) is 5.64. The number of urea groups is 1. The van der Waals surface area contributed by atoms with Crippen LogP contribution in [0.25, 0.3) is 0 Å². The van der Waals surface area contributed by atoms with Crippen LogP contribution in [-0.2, 0) is 4.79 Å². The number of carboxylic acids is 1. The van der Waals surface area contributed by atoms with E-state index >= 15 is 0 Å². The Kier molecular flexibility index (Phi) is 6.91. The molecule has 0 fully saturated rings. The van der Waals surface area contributed by atoms with E-state index in [0.29, 0.717) is 12.8 Å². The predicted molar refractivity (Wildman–Crippen MR) is 82.2 cm³/mol. The van der Waals surface area contributed by atoms with E-state index in [4.69, 9.17) is 16.7 Å². The molecule has 1 rings (SSSR count). The van der Waals surface area contributed by atoms with Crippen molar-refractivity contribution in [2.75, 3.05) is 5.32 Å². The van der Waals surface area contributed by atoms with Crippen molar-refractivity contribution in [3.05, 3.63) is 27.4 Å². The van der Waals surface area contributed by atoms with Crippen LogP contribution in [0.3, 0.4) is 0 Å². The van der Waals surface area contributed by atoms with Crippen molar-refractivity contribution < 1.29 is 19.1 Å². The number of hydrogen-bond acceptors (Lipinski definition) is 2. The number of anilines is 1. The average Bonchev–Trinajstić information content (AvgIpc) is 2.38. The van der Waals surface area contributed by atoms with Gasteiger partial charge in [-0.25, -0.2) is 14.0 Å². The number of amides is 2. The topological polar surface area (TPSA) is 78.4 Å². The van der Waals surface area contributed by atoms with Crippen molar-refractivity contribution in [2.45, 2.75) is 32.2 Å². The Bertz CT molecular complexity index is 519. The molecular weight excluding hydrogens is 367 g/mol. The largest absolute Gasteiger partial charge is 0.480 e. The summed E-state index contributed by atoms with van der Waals surface area (Å²) in [7, 11) is 0. The van der Waals surface area contributed by atoms with E-state index in [0.717, 1.165) is 18.6 Å². The number of aliphatic carboxylic acids is 1. The number of carboxylic acid groups (broad SMARTS) is 1. The fraction of sp³-hybridized carbons (Fsp3) is 0.385. The zero-order valence-electron chi connectivity index (χ0n) is 11.3. The van der Waals surface area contributed by atoms with Crippen molar-refractivity contribution in [3.8, 4) is 0 Å². The molecule has 1 atom stereocenters. The molecule has 0 aliphatic carbocycles. The summed E-state index contributed by atoms with van der Waals surface area (Å²) in [5.41, 5.74) is 0.176. The fourth-order valence-electron chi connectivity index (χ4n) is 1.64. The first-order valence-electron chi connectivity index (χ1n) is 6.30. The van der Waals surface area contributed by atoms with Gasteiger partial charge in [0, 0.05) is 4.47 Å². The van der Waals surface area contributed by atoms with Gasteiger partial charge in [-0.05, 0) is 34.5 Å². The van der Waals surface area contributed by atoms with E-state index in [1.54, 1.807) is 0 Å². The molecular formula is C13H15BrClFN2O3. The normalized spacial score (nSPS) is 11.8. The summed E-state index contributed by atoms with van der Waals surface area (Å²) < 4.78 is 13.3. The van der Waals surface area contributed by atoms with E-state index < -0.39 is 23.9 Å². The minimum Gasteiger partial charge on any atom is -0.480 e. The molecule has 0 saturated carbocycles. The molecule has 21 heavy (non-hydrogen) atoms. The third-order valence-corrected chi connectivity index (χ3v) is 3.62. The van der Waals surface area contributed by atoms with Crippen molar-refractivity contribution in [1.29, 1.82) is 0 Å². The third kappa shape index (κ3) is 5.51. The zero-order valence-corrected chi connectivity index (χ0v) is 13.6. The fourth-order valence-corrected chi connectivity index (χ4v) is 2.53. The van der Waals surface area contributed by atoms with Gasteiger partial charge in [0.25, 0.3) is 0 Å². The van der Waals surface area contributed by atoms with E-state index in [9.17, 15) is 14.0 Å². The first kappa shape index (κ1) is 17.7. The first-order chi connectivity index (χ1) is 9.85. The van der Waals surface area contributed by atoms with Gasteiger partial charge in [0.05, 0.1) is 10.7 Å². The lowest BCUT2D eigenvalue weighted by atomic mass is 10.1. The molecule has 116 valence electrons. The molecule has 0 aliphatic rings. The number of carbonyl (C=O) groups is 2. The number of halogens is 3. The smallest absolute Gasteiger partial charge is 0.326 e. The summed E-state index contributed by atoms with van der Waals surface area (Å²) in [4.78, 5) is 22.9. The highest BCUT2D eigenvalue weighted by Gasteiger charge is 2.20. The molecule has 3 N–H and O–H groups in total. The molecule has 0 spiro atoms. The van der Waals surface area contributed by atoms with Gasteiger partial charge in [0.2, 0.25) is 0 Å². The molecule has 0 heterocycles. The Morgan fingerprint density at radius 1 is 1.48 bits per heavy atom. The van der Waals surface area contributed by atoms with Crippen molar-refractivity contribution in [2.24, 2.45) is 0 Å². The van der Waals surface area contributed by atoms with Crippen LogP contribution in [-0.4, -0.2) is 23.1 Å². The molecule has 0 radical (unpaired) electrons. The van der Waals surface area contributed by atoms with Gasteiger partial charge in [0.15, 0.2) is 0 Å². The van der Waals surface area contributed by atoms with E-state index in [2.05, 4.69) is 26.6 Å². The van der Waals surface area contributed by atoms with Crippen molar-refractivity contribution >= 4 is 45.2 Å². The monoisotopic (exact) mass is 380 g/mol. The van der Waals surface area contributed by atoms with E-state index in [1.807, 2.05) is 6.92 Å². The first-order valence-corrected chi connectivity index (χ1v) is 7.47. The Morgan fingerprint density at radius 2 is 2.14 bits per heavy atom. The lowest BCUT2D eigenvalue weighted by Gasteiger charge is -2.16. The SMILES string of the molecule is CCCCC(NC(=O)Nc1c(Cl)cc(F)cc1Br)C(=O)O. The highest BCUT2D eigenvalue weighted by atomic mass is 79.9. The molecule has 5 nitrogen and oxygen atoms in total. The zero-order chi connectivity index (χ0) is 16.0. The van der Waals surface area contributed by atoms with Crippen LogP contribution in [0, 0.1) is 5.82 Å². The van der Waals surface area contributed by atoms with Gasteiger partial charge in [-0.2, -0.15) is 0 Å². The van der Waals surface area contributed by atoms with Gasteiger partial charge in [-0.3, -0.25) is 0 Å². The summed E-state index contributed by atoms with van der Waals surface area (Å²) in [5.74, 6) is -1.66. The summed E-state index contributed by atoms with van der Waals surface area (Å²) in [5, 5.41) is 13.8. The van der Waals surface area contributed by atoms with Crippen LogP contribution in [0.5, 0.6) is 0 Å². The van der Waals surface area contributed by atoms with Crippen molar-refractivity contribution in [1.82, 2.24) is 5.32 Å². The minimum atomic E-state index is -1.11.